The van der Waals surface area contributed by atoms with E-state index >= 15 is 0 Å². The van der Waals surface area contributed by atoms with Crippen LogP contribution in [-0.4, -0.2) is 5.11 Å². The number of aryl methyl sites for hydroxylation is 2. The highest BCUT2D eigenvalue weighted by Gasteiger charge is 2.06. The van der Waals surface area contributed by atoms with E-state index < -0.39 is 0 Å². The maximum absolute atomic E-state index is 9.36. The average Bonchev–Trinajstić information content (AvgIpc) is 2.70. The van der Waals surface area contributed by atoms with Crippen LogP contribution < -0.4 is 11.5 Å². The first-order valence-electron chi connectivity index (χ1n) is 9.74. The first-order valence-corrected chi connectivity index (χ1v) is 10.1. The molecule has 4 aromatic carbocycles. The van der Waals surface area contributed by atoms with Gasteiger partial charge in [-0.05, 0) is 66.1 Å². The summed E-state index contributed by atoms with van der Waals surface area (Å²) in [6, 6.07) is 16.7. The zero-order chi connectivity index (χ0) is 22.4. The Bertz CT molecular complexity index is 1240. The number of fused-ring (bicyclic) bond motifs is 2. The van der Waals surface area contributed by atoms with Crippen molar-refractivity contribution in [3.63, 3.8) is 0 Å². The summed E-state index contributed by atoms with van der Waals surface area (Å²) >= 11 is 6.03. The third-order valence-corrected chi connectivity index (χ3v) is 4.95. The van der Waals surface area contributed by atoms with Crippen LogP contribution in [0, 0.1) is 26.2 Å². The molecule has 0 heterocycles. The number of terminal acetylenes is 1. The number of benzene rings is 4. The topological polar surface area (TPSA) is 72.3 Å². The first kappa shape index (κ1) is 22.9. The molecule has 3 nitrogen and oxygen atoms in total. The predicted octanol–water partition coefficient (Wildman–Crippen LogP) is 6.83. The zero-order valence-corrected chi connectivity index (χ0v) is 18.5. The number of nitrogen functional groups attached to an aromatic ring is 2. The van der Waals surface area contributed by atoms with E-state index in [1.54, 1.807) is 18.2 Å². The van der Waals surface area contributed by atoms with Crippen molar-refractivity contribution in [1.29, 1.82) is 0 Å². The second kappa shape index (κ2) is 9.91. The molecule has 0 radical (unpaired) electrons. The minimum Gasteiger partial charge on any atom is -0.508 e. The molecule has 0 spiro atoms. The van der Waals surface area contributed by atoms with Crippen LogP contribution in [0.3, 0.4) is 0 Å². The summed E-state index contributed by atoms with van der Waals surface area (Å²) in [6.45, 7) is 7.92. The minimum absolute atomic E-state index is 0.285. The van der Waals surface area contributed by atoms with Crippen LogP contribution in [0.2, 0.25) is 5.02 Å². The molecule has 0 aliphatic carbocycles. The van der Waals surface area contributed by atoms with Crippen molar-refractivity contribution in [3.05, 3.63) is 76.3 Å². The summed E-state index contributed by atoms with van der Waals surface area (Å²) in [5.41, 5.74) is 15.9. The van der Waals surface area contributed by atoms with E-state index in [2.05, 4.69) is 5.92 Å². The molecule has 4 rings (SSSR count). The molecule has 0 aromatic heterocycles. The molecule has 0 saturated carbocycles. The first-order chi connectivity index (χ1) is 14.3. The summed E-state index contributed by atoms with van der Waals surface area (Å²) in [6.07, 6.45) is 5.49. The van der Waals surface area contributed by atoms with Gasteiger partial charge >= 0.3 is 0 Å². The lowest BCUT2D eigenvalue weighted by Crippen LogP contribution is -1.95. The highest BCUT2D eigenvalue weighted by molar-refractivity contribution is 6.35. The van der Waals surface area contributed by atoms with Crippen LogP contribution in [0.1, 0.15) is 30.5 Å². The van der Waals surface area contributed by atoms with Gasteiger partial charge in [-0.1, -0.05) is 55.6 Å². The smallest absolute Gasteiger partial charge is 0.116 e. The summed E-state index contributed by atoms with van der Waals surface area (Å²) in [5.74, 6) is 2.96. The van der Waals surface area contributed by atoms with Crippen molar-refractivity contribution in [1.82, 2.24) is 0 Å². The van der Waals surface area contributed by atoms with Gasteiger partial charge < -0.3 is 16.6 Å². The van der Waals surface area contributed by atoms with Crippen molar-refractivity contribution in [2.45, 2.75) is 27.7 Å². The Hall–Kier alpha value is -3.35. The highest BCUT2D eigenvalue weighted by Crippen LogP contribution is 2.30. The van der Waals surface area contributed by atoms with Gasteiger partial charge in [-0.2, -0.15) is 0 Å². The van der Waals surface area contributed by atoms with E-state index in [-0.39, 0.29) is 5.75 Å². The van der Waals surface area contributed by atoms with Gasteiger partial charge in [0, 0.05) is 32.7 Å². The lowest BCUT2D eigenvalue weighted by molar-refractivity contribution is 0.476. The standard InChI is InChI=1S/C13H12N2.C11H9ClO.C2H6/c1-3-11-8(2)4-5-9-6-10(14)7-12(15)13(9)11;1-7-5-9(13)6-8-3-2-4-10(12)11(7)8;1-2/h1,4-7H,14-15H2,2H3;2-6,13H,1H3;1-2H3. The van der Waals surface area contributed by atoms with Crippen LogP contribution in [-0.2, 0) is 0 Å². The van der Waals surface area contributed by atoms with Crippen molar-refractivity contribution >= 4 is 44.5 Å². The van der Waals surface area contributed by atoms with Gasteiger partial charge in [-0.25, -0.2) is 0 Å². The fourth-order valence-corrected chi connectivity index (χ4v) is 3.72. The second-order valence-corrected chi connectivity index (χ2v) is 7.12. The van der Waals surface area contributed by atoms with Gasteiger partial charge in [0.2, 0.25) is 0 Å². The number of aromatic hydroxyl groups is 1. The van der Waals surface area contributed by atoms with Crippen LogP contribution in [0.5, 0.6) is 5.75 Å². The Morgan fingerprint density at radius 2 is 1.53 bits per heavy atom. The molecule has 4 heteroatoms. The summed E-state index contributed by atoms with van der Waals surface area (Å²) in [5, 5.41) is 14.0. The number of hydrogen-bond donors (Lipinski definition) is 3. The number of phenols is 1. The van der Waals surface area contributed by atoms with Gasteiger partial charge in [-0.3, -0.25) is 0 Å². The number of nitrogens with two attached hydrogens (primary N) is 2. The fourth-order valence-electron chi connectivity index (χ4n) is 3.39. The van der Waals surface area contributed by atoms with Gasteiger partial charge in [0.15, 0.2) is 0 Å². The quantitative estimate of drug-likeness (QED) is 0.216. The number of hydrogen-bond acceptors (Lipinski definition) is 3. The van der Waals surface area contributed by atoms with Gasteiger partial charge in [0.05, 0.1) is 0 Å². The summed E-state index contributed by atoms with van der Waals surface area (Å²) in [7, 11) is 0. The minimum atomic E-state index is 0.285. The third kappa shape index (κ3) is 4.79. The molecule has 0 unspecified atom stereocenters. The molecular formula is C26H27ClN2O. The molecule has 30 heavy (non-hydrogen) atoms. The van der Waals surface area contributed by atoms with E-state index in [9.17, 15) is 5.11 Å². The van der Waals surface area contributed by atoms with E-state index in [1.807, 2.05) is 64.1 Å². The molecule has 0 aliphatic heterocycles. The third-order valence-electron chi connectivity index (χ3n) is 4.63. The van der Waals surface area contributed by atoms with E-state index in [1.165, 1.54) is 0 Å². The Balaban J connectivity index is 0.000000199. The maximum atomic E-state index is 9.36. The number of phenolic OH excluding ortho intramolecular Hbond substituents is 1. The molecule has 0 atom stereocenters. The van der Waals surface area contributed by atoms with Crippen molar-refractivity contribution < 1.29 is 5.11 Å². The molecule has 0 saturated heterocycles. The monoisotopic (exact) mass is 418 g/mol. The molecular weight excluding hydrogens is 392 g/mol. The SMILES string of the molecule is C#Cc1c(C)ccc2cc(N)cc(N)c12.CC.Cc1cc(O)cc2cccc(Cl)c12. The Morgan fingerprint density at radius 1 is 0.867 bits per heavy atom. The van der Waals surface area contributed by atoms with Crippen molar-refractivity contribution in [2.24, 2.45) is 0 Å². The van der Waals surface area contributed by atoms with Crippen LogP contribution in [0.15, 0.2) is 54.6 Å². The zero-order valence-electron chi connectivity index (χ0n) is 17.8. The fraction of sp³-hybridized carbons (Fsp3) is 0.154. The average molecular weight is 419 g/mol. The Morgan fingerprint density at radius 3 is 2.20 bits per heavy atom. The molecule has 0 amide bonds. The van der Waals surface area contributed by atoms with E-state index in [0.29, 0.717) is 11.4 Å². The highest BCUT2D eigenvalue weighted by atomic mass is 35.5. The predicted molar refractivity (Wildman–Crippen MR) is 132 cm³/mol. The molecule has 5 N–H and O–H groups in total. The van der Waals surface area contributed by atoms with Gasteiger partial charge in [0.25, 0.3) is 0 Å². The molecule has 154 valence electrons. The van der Waals surface area contributed by atoms with Gasteiger partial charge in [-0.15, -0.1) is 6.42 Å². The van der Waals surface area contributed by atoms with Crippen molar-refractivity contribution in [2.75, 3.05) is 11.5 Å². The Labute approximate surface area is 183 Å². The van der Waals surface area contributed by atoms with Crippen LogP contribution in [0.25, 0.3) is 21.5 Å². The largest absolute Gasteiger partial charge is 0.508 e. The number of rotatable bonds is 0. The normalized spacial score (nSPS) is 9.87. The van der Waals surface area contributed by atoms with E-state index in [0.717, 1.165) is 43.3 Å². The number of halogens is 1. The number of anilines is 2. The lowest BCUT2D eigenvalue weighted by atomic mass is 9.98. The van der Waals surface area contributed by atoms with Crippen LogP contribution in [0.4, 0.5) is 11.4 Å². The summed E-state index contributed by atoms with van der Waals surface area (Å²) in [4.78, 5) is 0. The molecule has 0 aliphatic rings. The Kier molecular flexibility index (Phi) is 7.58. The molecule has 0 fully saturated rings. The lowest BCUT2D eigenvalue weighted by Gasteiger charge is -2.08. The van der Waals surface area contributed by atoms with Crippen molar-refractivity contribution in [3.8, 4) is 18.1 Å². The maximum Gasteiger partial charge on any atom is 0.116 e. The van der Waals surface area contributed by atoms with E-state index in [4.69, 9.17) is 29.5 Å². The van der Waals surface area contributed by atoms with Gasteiger partial charge in [0.1, 0.15) is 5.75 Å². The summed E-state index contributed by atoms with van der Waals surface area (Å²) < 4.78 is 0. The molecule has 0 bridgehead atoms. The molecule has 4 aromatic rings. The second-order valence-electron chi connectivity index (χ2n) is 6.71. The van der Waals surface area contributed by atoms with Crippen LogP contribution >= 0.6 is 11.6 Å².